The first-order valence-electron chi connectivity index (χ1n) is 10.6. The molecule has 2 atom stereocenters. The van der Waals surface area contributed by atoms with Gasteiger partial charge in [0.1, 0.15) is 35.2 Å². The number of hydrogen-bond acceptors (Lipinski definition) is 6. The number of Topliss-reactive ketones (excluding diaryl/α,β-unsaturated/α-hetero) is 1. The van der Waals surface area contributed by atoms with Crippen molar-refractivity contribution in [2.24, 2.45) is 0 Å². The first kappa shape index (κ1) is 21.2. The van der Waals surface area contributed by atoms with Gasteiger partial charge in [0.25, 0.3) is 11.7 Å². The Balaban J connectivity index is 1.76. The third-order valence-electron chi connectivity index (χ3n) is 5.74. The van der Waals surface area contributed by atoms with Gasteiger partial charge in [-0.05, 0) is 76.8 Å². The predicted molar refractivity (Wildman–Crippen MR) is 116 cm³/mol. The number of rotatable bonds is 6. The number of aliphatic hydroxyl groups is 1. The summed E-state index contributed by atoms with van der Waals surface area (Å²) in [5.41, 5.74) is 1.54. The molecule has 1 amide bonds. The standard InChI is InChI=1S/C24H28N2O5/c1-14-6-8-19(30-14)21-20(23(28)24(29)26(21)11-5-10-25(3)4)22(27)16-7-9-18-17(13-16)12-15(2)31-18/h6-9,13,15,21,27H,5,10-12H2,1-4H3/t15-,21-/m1/s1. The van der Waals surface area contributed by atoms with Crippen LogP contribution in [0.1, 0.15) is 42.0 Å². The topological polar surface area (TPSA) is 83.2 Å². The lowest BCUT2D eigenvalue weighted by Gasteiger charge is -2.24. The number of aliphatic hydroxyl groups excluding tert-OH is 1. The second kappa shape index (κ2) is 8.23. The molecule has 2 aliphatic rings. The molecular weight excluding hydrogens is 396 g/mol. The largest absolute Gasteiger partial charge is 0.507 e. The minimum atomic E-state index is -0.751. The molecule has 1 aromatic carbocycles. The summed E-state index contributed by atoms with van der Waals surface area (Å²) in [6.45, 7) is 4.96. The van der Waals surface area contributed by atoms with Crippen LogP contribution in [0.3, 0.4) is 0 Å². The highest BCUT2D eigenvalue weighted by Gasteiger charge is 2.47. The molecule has 0 spiro atoms. The number of likely N-dealkylation sites (tertiary alicyclic amines) is 1. The first-order valence-corrected chi connectivity index (χ1v) is 10.6. The summed E-state index contributed by atoms with van der Waals surface area (Å²) in [5.74, 6) is 0.448. The molecule has 1 N–H and O–H groups in total. The summed E-state index contributed by atoms with van der Waals surface area (Å²) in [7, 11) is 3.92. The monoisotopic (exact) mass is 424 g/mol. The van der Waals surface area contributed by atoms with Gasteiger partial charge in [-0.1, -0.05) is 0 Å². The van der Waals surface area contributed by atoms with Gasteiger partial charge in [0.05, 0.1) is 5.57 Å². The number of aryl methyl sites for hydroxylation is 1. The van der Waals surface area contributed by atoms with Crippen LogP contribution in [-0.2, 0) is 16.0 Å². The molecule has 164 valence electrons. The summed E-state index contributed by atoms with van der Waals surface area (Å²) >= 11 is 0. The smallest absolute Gasteiger partial charge is 0.295 e. The Hall–Kier alpha value is -3.06. The van der Waals surface area contributed by atoms with Crippen LogP contribution in [0, 0.1) is 6.92 Å². The van der Waals surface area contributed by atoms with Gasteiger partial charge in [0.15, 0.2) is 0 Å². The van der Waals surface area contributed by atoms with E-state index in [1.54, 1.807) is 24.3 Å². The molecule has 1 aromatic heterocycles. The SMILES string of the molecule is Cc1ccc([C@@H]2C(=C(O)c3ccc4c(c3)C[C@@H](C)O4)C(=O)C(=O)N2CCCN(C)C)o1. The van der Waals surface area contributed by atoms with Gasteiger partial charge < -0.3 is 24.1 Å². The molecule has 31 heavy (non-hydrogen) atoms. The Kier molecular flexibility index (Phi) is 5.62. The van der Waals surface area contributed by atoms with Crippen molar-refractivity contribution in [3.8, 4) is 5.75 Å². The van der Waals surface area contributed by atoms with Crippen molar-refractivity contribution in [3.05, 3.63) is 58.6 Å². The van der Waals surface area contributed by atoms with Crippen molar-refractivity contribution >= 4 is 17.4 Å². The number of nitrogens with zero attached hydrogens (tertiary/aromatic N) is 2. The molecule has 0 saturated carbocycles. The molecule has 3 heterocycles. The van der Waals surface area contributed by atoms with Crippen molar-refractivity contribution in [1.82, 2.24) is 9.80 Å². The molecule has 2 aliphatic heterocycles. The van der Waals surface area contributed by atoms with Gasteiger partial charge >= 0.3 is 0 Å². The van der Waals surface area contributed by atoms with Crippen molar-refractivity contribution in [1.29, 1.82) is 0 Å². The van der Waals surface area contributed by atoms with E-state index >= 15 is 0 Å². The lowest BCUT2D eigenvalue weighted by Crippen LogP contribution is -2.32. The Bertz CT molecular complexity index is 1050. The second-order valence-corrected chi connectivity index (χ2v) is 8.55. The maximum atomic E-state index is 13.0. The van der Waals surface area contributed by atoms with Crippen molar-refractivity contribution in [3.63, 3.8) is 0 Å². The van der Waals surface area contributed by atoms with E-state index in [1.165, 1.54) is 4.90 Å². The van der Waals surface area contributed by atoms with Gasteiger partial charge in [0, 0.05) is 18.5 Å². The van der Waals surface area contributed by atoms with Gasteiger partial charge in [-0.2, -0.15) is 0 Å². The fourth-order valence-corrected chi connectivity index (χ4v) is 4.29. The van der Waals surface area contributed by atoms with Crippen LogP contribution in [0.15, 0.2) is 40.3 Å². The molecule has 0 unspecified atom stereocenters. The summed E-state index contributed by atoms with van der Waals surface area (Å²) < 4.78 is 11.5. The number of hydrogen-bond donors (Lipinski definition) is 1. The van der Waals surface area contributed by atoms with Crippen molar-refractivity contribution in [2.45, 2.75) is 38.8 Å². The summed E-state index contributed by atoms with van der Waals surface area (Å²) in [6.07, 6.45) is 1.50. The highest BCUT2D eigenvalue weighted by molar-refractivity contribution is 6.46. The number of carbonyl (C=O) groups is 2. The third kappa shape index (κ3) is 3.97. The highest BCUT2D eigenvalue weighted by Crippen LogP contribution is 2.41. The lowest BCUT2D eigenvalue weighted by atomic mass is 9.97. The number of fused-ring (bicyclic) bond motifs is 1. The van der Waals surface area contributed by atoms with E-state index in [4.69, 9.17) is 9.15 Å². The number of amides is 1. The van der Waals surface area contributed by atoms with E-state index in [2.05, 4.69) is 0 Å². The van der Waals surface area contributed by atoms with Crippen molar-refractivity contribution in [2.75, 3.05) is 27.2 Å². The second-order valence-electron chi connectivity index (χ2n) is 8.55. The average molecular weight is 424 g/mol. The van der Waals surface area contributed by atoms with Crippen LogP contribution in [0.2, 0.25) is 0 Å². The molecule has 1 saturated heterocycles. The first-order chi connectivity index (χ1) is 14.8. The number of carbonyl (C=O) groups excluding carboxylic acids is 2. The zero-order valence-electron chi connectivity index (χ0n) is 18.3. The number of ketones is 1. The highest BCUT2D eigenvalue weighted by atomic mass is 16.5. The Morgan fingerprint density at radius 1 is 1.23 bits per heavy atom. The molecule has 4 rings (SSSR count). The maximum Gasteiger partial charge on any atom is 0.295 e. The molecule has 0 bridgehead atoms. The average Bonchev–Trinajstić information content (AvgIpc) is 3.37. The summed E-state index contributed by atoms with van der Waals surface area (Å²) in [6, 6.07) is 8.15. The molecular formula is C24H28N2O5. The minimum absolute atomic E-state index is 0.0658. The summed E-state index contributed by atoms with van der Waals surface area (Å²) in [4.78, 5) is 29.5. The number of furan rings is 1. The Morgan fingerprint density at radius 3 is 2.68 bits per heavy atom. The van der Waals surface area contributed by atoms with Crippen LogP contribution in [0.25, 0.3) is 5.76 Å². The lowest BCUT2D eigenvalue weighted by molar-refractivity contribution is -0.140. The third-order valence-corrected chi connectivity index (χ3v) is 5.74. The molecule has 7 nitrogen and oxygen atoms in total. The van der Waals surface area contributed by atoms with E-state index in [9.17, 15) is 14.7 Å². The number of ether oxygens (including phenoxy) is 1. The fourth-order valence-electron chi connectivity index (χ4n) is 4.29. The van der Waals surface area contributed by atoms with Crippen LogP contribution in [-0.4, -0.2) is 59.9 Å². The van der Waals surface area contributed by atoms with Gasteiger partial charge in [-0.15, -0.1) is 0 Å². The Morgan fingerprint density at radius 2 is 2.00 bits per heavy atom. The molecule has 7 heteroatoms. The van der Waals surface area contributed by atoms with E-state index in [0.29, 0.717) is 30.0 Å². The van der Waals surface area contributed by atoms with E-state index in [1.807, 2.05) is 38.9 Å². The quantitative estimate of drug-likeness (QED) is 0.435. The van der Waals surface area contributed by atoms with E-state index < -0.39 is 17.7 Å². The maximum absolute atomic E-state index is 13.0. The molecule has 2 aromatic rings. The van der Waals surface area contributed by atoms with E-state index in [-0.39, 0.29) is 17.4 Å². The predicted octanol–water partition coefficient (Wildman–Crippen LogP) is 3.28. The van der Waals surface area contributed by atoms with Crippen LogP contribution in [0.4, 0.5) is 0 Å². The van der Waals surface area contributed by atoms with Gasteiger partial charge in [-0.25, -0.2) is 0 Å². The van der Waals surface area contributed by atoms with Crippen LogP contribution < -0.4 is 4.74 Å². The van der Waals surface area contributed by atoms with Gasteiger partial charge in [-0.3, -0.25) is 9.59 Å². The van der Waals surface area contributed by atoms with Crippen molar-refractivity contribution < 1.29 is 23.8 Å². The van der Waals surface area contributed by atoms with E-state index in [0.717, 1.165) is 24.3 Å². The minimum Gasteiger partial charge on any atom is -0.507 e. The van der Waals surface area contributed by atoms with Gasteiger partial charge in [0.2, 0.25) is 0 Å². The Labute approximate surface area is 181 Å². The number of benzene rings is 1. The molecule has 1 fully saturated rings. The zero-order chi connectivity index (χ0) is 22.3. The molecule has 0 aliphatic carbocycles. The normalized spacial score (nSPS) is 22.3. The van der Waals surface area contributed by atoms with Crippen LogP contribution >= 0.6 is 0 Å². The van der Waals surface area contributed by atoms with Crippen LogP contribution in [0.5, 0.6) is 5.75 Å². The summed E-state index contributed by atoms with van der Waals surface area (Å²) in [5, 5.41) is 11.2. The molecule has 0 radical (unpaired) electrons. The fraction of sp³-hybridized carbons (Fsp3) is 0.417. The zero-order valence-corrected chi connectivity index (χ0v) is 18.3.